The Balaban J connectivity index is 1.06. The van der Waals surface area contributed by atoms with Crippen LogP contribution in [0.2, 0.25) is 0 Å². The molecule has 7 rings (SSSR count). The molecule has 0 amide bonds. The molecule has 0 saturated heterocycles. The Hall–Kier alpha value is -6.80. The van der Waals surface area contributed by atoms with Gasteiger partial charge in [-0.3, -0.25) is 0 Å². The summed E-state index contributed by atoms with van der Waals surface area (Å²) >= 11 is 0. The third-order valence-electron chi connectivity index (χ3n) is 7.54. The van der Waals surface area contributed by atoms with Gasteiger partial charge in [0.2, 0.25) is 0 Å². The van der Waals surface area contributed by atoms with Gasteiger partial charge in [-0.1, -0.05) is 84.9 Å². The molecule has 48 heavy (non-hydrogen) atoms. The summed E-state index contributed by atoms with van der Waals surface area (Å²) in [6.07, 6.45) is 0. The van der Waals surface area contributed by atoms with Gasteiger partial charge >= 0.3 is 11.9 Å². The summed E-state index contributed by atoms with van der Waals surface area (Å²) in [5, 5.41) is 20.5. The topological polar surface area (TPSA) is 102 Å². The Morgan fingerprint density at radius 2 is 0.708 bits per heavy atom. The number of benzene rings is 7. The van der Waals surface area contributed by atoms with Crippen LogP contribution in [0.5, 0.6) is 11.5 Å². The summed E-state index contributed by atoms with van der Waals surface area (Å²) < 4.78 is 11.6. The molecule has 0 bridgehead atoms. The molecule has 0 atom stereocenters. The van der Waals surface area contributed by atoms with E-state index in [1.54, 1.807) is 24.3 Å². The minimum atomic E-state index is -0.565. The van der Waals surface area contributed by atoms with Crippen molar-refractivity contribution in [2.24, 2.45) is 20.5 Å². The van der Waals surface area contributed by atoms with Gasteiger partial charge in [0.1, 0.15) is 11.5 Å². The number of carbonyl (C=O) groups excluding carboxylic acids is 2. The van der Waals surface area contributed by atoms with Crippen LogP contribution in [0.25, 0.3) is 21.5 Å². The van der Waals surface area contributed by atoms with Gasteiger partial charge in [0.05, 0.1) is 33.9 Å². The van der Waals surface area contributed by atoms with Crippen molar-refractivity contribution in [2.45, 2.75) is 0 Å². The molecule has 0 aromatic heterocycles. The highest BCUT2D eigenvalue weighted by atomic mass is 16.5. The van der Waals surface area contributed by atoms with Crippen LogP contribution in [-0.2, 0) is 0 Å². The van der Waals surface area contributed by atoms with Gasteiger partial charge in [-0.2, -0.15) is 10.2 Å². The van der Waals surface area contributed by atoms with Crippen LogP contribution in [0, 0.1) is 0 Å². The zero-order valence-corrected chi connectivity index (χ0v) is 25.4. The van der Waals surface area contributed by atoms with Gasteiger partial charge < -0.3 is 9.47 Å². The summed E-state index contributed by atoms with van der Waals surface area (Å²) in [5.74, 6) is -0.359. The molecule has 0 aliphatic carbocycles. The first-order valence-electron chi connectivity index (χ1n) is 15.1. The molecule has 0 radical (unpaired) electrons. The fourth-order valence-corrected chi connectivity index (χ4v) is 5.14. The van der Waals surface area contributed by atoms with E-state index in [2.05, 4.69) is 20.5 Å². The van der Waals surface area contributed by atoms with E-state index in [4.69, 9.17) is 9.47 Å². The van der Waals surface area contributed by atoms with E-state index in [0.29, 0.717) is 22.9 Å². The Morgan fingerprint density at radius 3 is 1.10 bits per heavy atom. The SMILES string of the molecule is O=C(Oc1ccc(N=Nc2ccccc2)c2ccccc12)c1ccc(C(=O)Oc2ccc(N=Nc3ccccc3)c3ccccc23)cc1. The summed E-state index contributed by atoms with van der Waals surface area (Å²) in [6.45, 7) is 0. The lowest BCUT2D eigenvalue weighted by atomic mass is 10.1. The third-order valence-corrected chi connectivity index (χ3v) is 7.54. The predicted octanol–water partition coefficient (Wildman–Crippen LogP) is 11.3. The van der Waals surface area contributed by atoms with Crippen LogP contribution < -0.4 is 9.47 Å². The van der Waals surface area contributed by atoms with E-state index >= 15 is 0 Å². The Bertz CT molecular complexity index is 2160. The lowest BCUT2D eigenvalue weighted by Crippen LogP contribution is -2.11. The average Bonchev–Trinajstić information content (AvgIpc) is 3.15. The van der Waals surface area contributed by atoms with Gasteiger partial charge in [-0.15, -0.1) is 10.2 Å². The van der Waals surface area contributed by atoms with Gasteiger partial charge in [0.15, 0.2) is 0 Å². The first-order valence-corrected chi connectivity index (χ1v) is 15.1. The molecule has 0 fully saturated rings. The molecule has 0 saturated carbocycles. The maximum atomic E-state index is 13.2. The van der Waals surface area contributed by atoms with Crippen LogP contribution >= 0.6 is 0 Å². The first-order chi connectivity index (χ1) is 23.6. The molecule has 0 aliphatic heterocycles. The van der Waals surface area contributed by atoms with E-state index in [-0.39, 0.29) is 11.1 Å². The number of nitrogens with zero attached hydrogens (tertiary/aromatic N) is 4. The molecule has 0 N–H and O–H groups in total. The Labute approximate surface area is 275 Å². The van der Waals surface area contributed by atoms with Crippen molar-refractivity contribution >= 4 is 56.2 Å². The highest BCUT2D eigenvalue weighted by Crippen LogP contribution is 2.36. The molecule has 7 aromatic rings. The minimum absolute atomic E-state index is 0.280. The zero-order chi connectivity index (χ0) is 32.7. The molecule has 0 spiro atoms. The quantitative estimate of drug-likeness (QED) is 0.0951. The van der Waals surface area contributed by atoms with Gasteiger partial charge in [-0.25, -0.2) is 9.59 Å². The van der Waals surface area contributed by atoms with Crippen LogP contribution in [0.1, 0.15) is 20.7 Å². The van der Waals surface area contributed by atoms with Gasteiger partial charge in [0, 0.05) is 21.5 Å². The highest BCUT2D eigenvalue weighted by Gasteiger charge is 2.16. The lowest BCUT2D eigenvalue weighted by molar-refractivity contribution is 0.0723. The fourth-order valence-electron chi connectivity index (χ4n) is 5.14. The van der Waals surface area contributed by atoms with E-state index in [1.807, 2.05) is 109 Å². The monoisotopic (exact) mass is 626 g/mol. The molecule has 8 nitrogen and oxygen atoms in total. The number of carbonyl (C=O) groups is 2. The predicted molar refractivity (Wildman–Crippen MR) is 185 cm³/mol. The van der Waals surface area contributed by atoms with Crippen molar-refractivity contribution < 1.29 is 19.1 Å². The summed E-state index contributed by atoms with van der Waals surface area (Å²) in [6, 6.07) is 47.0. The van der Waals surface area contributed by atoms with Crippen LogP contribution in [0.15, 0.2) is 178 Å². The average molecular weight is 627 g/mol. The molecular formula is C40H26N4O4. The van der Waals surface area contributed by atoms with Crippen LogP contribution in [0.4, 0.5) is 22.7 Å². The second-order valence-electron chi connectivity index (χ2n) is 10.7. The number of azo groups is 2. The van der Waals surface area contributed by atoms with Crippen molar-refractivity contribution in [3.8, 4) is 11.5 Å². The molecule has 230 valence electrons. The maximum absolute atomic E-state index is 13.2. The molecule has 7 aromatic carbocycles. The standard InChI is InChI=1S/C40H26N4O4/c45-39(47-37-25-23-35(31-15-7-9-17-33(31)37)43-41-29-11-3-1-4-12-29)27-19-21-28(22-20-27)40(46)48-38-26-24-36(32-16-8-10-18-34(32)38)44-42-30-13-5-2-6-14-30/h1-26H. The Kier molecular flexibility index (Phi) is 8.52. The second kappa shape index (κ2) is 13.7. The van der Waals surface area contributed by atoms with Crippen molar-refractivity contribution in [3.05, 3.63) is 169 Å². The van der Waals surface area contributed by atoms with Crippen molar-refractivity contribution in [1.29, 1.82) is 0 Å². The molecular weight excluding hydrogens is 600 g/mol. The molecule has 0 aliphatic rings. The van der Waals surface area contributed by atoms with E-state index in [9.17, 15) is 9.59 Å². The highest BCUT2D eigenvalue weighted by molar-refractivity contribution is 6.02. The summed E-state index contributed by atoms with van der Waals surface area (Å²) in [5.41, 5.74) is 3.33. The number of rotatable bonds is 8. The zero-order valence-electron chi connectivity index (χ0n) is 25.4. The van der Waals surface area contributed by atoms with Gasteiger partial charge in [0.25, 0.3) is 0 Å². The van der Waals surface area contributed by atoms with E-state index in [1.165, 1.54) is 24.3 Å². The molecule has 8 heteroatoms. The van der Waals surface area contributed by atoms with Crippen LogP contribution in [-0.4, -0.2) is 11.9 Å². The molecule has 0 unspecified atom stereocenters. The van der Waals surface area contributed by atoms with Crippen LogP contribution in [0.3, 0.4) is 0 Å². The largest absolute Gasteiger partial charge is 0.422 e. The number of hydrogen-bond acceptors (Lipinski definition) is 8. The van der Waals surface area contributed by atoms with E-state index in [0.717, 1.165) is 32.9 Å². The lowest BCUT2D eigenvalue weighted by Gasteiger charge is -2.11. The van der Waals surface area contributed by atoms with Crippen molar-refractivity contribution in [2.75, 3.05) is 0 Å². The van der Waals surface area contributed by atoms with Gasteiger partial charge in [-0.05, 0) is 72.8 Å². The second-order valence-corrected chi connectivity index (χ2v) is 10.7. The summed E-state index contributed by atoms with van der Waals surface area (Å²) in [7, 11) is 0. The number of hydrogen-bond donors (Lipinski definition) is 0. The normalized spacial score (nSPS) is 11.3. The van der Waals surface area contributed by atoms with E-state index < -0.39 is 11.9 Å². The molecule has 0 heterocycles. The number of esters is 2. The van der Waals surface area contributed by atoms with Crippen molar-refractivity contribution in [3.63, 3.8) is 0 Å². The number of fused-ring (bicyclic) bond motifs is 2. The minimum Gasteiger partial charge on any atom is -0.422 e. The Morgan fingerprint density at radius 1 is 0.354 bits per heavy atom. The summed E-state index contributed by atoms with van der Waals surface area (Å²) in [4.78, 5) is 26.3. The fraction of sp³-hybridized carbons (Fsp3) is 0. The first kappa shape index (κ1) is 29.9. The maximum Gasteiger partial charge on any atom is 0.343 e. The number of ether oxygens (including phenoxy) is 2. The smallest absolute Gasteiger partial charge is 0.343 e. The van der Waals surface area contributed by atoms with Crippen molar-refractivity contribution in [1.82, 2.24) is 0 Å². The third kappa shape index (κ3) is 6.59.